The van der Waals surface area contributed by atoms with Gasteiger partial charge in [-0.05, 0) is 25.0 Å². The molecule has 2 fully saturated rings. The molecule has 1 atom stereocenters. The van der Waals surface area contributed by atoms with Crippen molar-refractivity contribution in [2.75, 3.05) is 39.8 Å². The second kappa shape index (κ2) is 7.27. The molecular formula is C16H22FN3O4S. The van der Waals surface area contributed by atoms with Crippen LogP contribution in [0.3, 0.4) is 0 Å². The van der Waals surface area contributed by atoms with E-state index in [0.717, 1.165) is 12.5 Å². The molecule has 138 valence electrons. The maximum Gasteiger partial charge on any atom is 0.243 e. The fraction of sp³-hybridized carbons (Fsp3) is 0.562. The fourth-order valence-electron chi connectivity index (χ4n) is 3.35. The summed E-state index contributed by atoms with van der Waals surface area (Å²) in [5.41, 5.74) is 0. The van der Waals surface area contributed by atoms with E-state index in [2.05, 4.69) is 5.32 Å². The zero-order chi connectivity index (χ0) is 18.0. The van der Waals surface area contributed by atoms with Gasteiger partial charge < -0.3 is 15.0 Å². The maximum atomic E-state index is 13.6. The number of carbonyl (C=O) groups is 1. The number of nitrogens with zero attached hydrogens (tertiary/aromatic N) is 2. The first-order chi connectivity index (χ1) is 11.9. The summed E-state index contributed by atoms with van der Waals surface area (Å²) in [4.78, 5) is 13.8. The summed E-state index contributed by atoms with van der Waals surface area (Å²) in [6.45, 7) is 2.23. The van der Waals surface area contributed by atoms with Crippen LogP contribution >= 0.6 is 0 Å². The number of halogens is 1. The van der Waals surface area contributed by atoms with Gasteiger partial charge in [-0.1, -0.05) is 0 Å². The Bertz CT molecular complexity index is 756. The number of sulfonamides is 1. The van der Waals surface area contributed by atoms with Crippen molar-refractivity contribution in [3.05, 3.63) is 24.0 Å². The van der Waals surface area contributed by atoms with E-state index in [1.54, 1.807) is 4.90 Å². The molecule has 0 bridgehead atoms. The largest absolute Gasteiger partial charge is 0.494 e. The number of benzene rings is 1. The smallest absolute Gasteiger partial charge is 0.243 e. The van der Waals surface area contributed by atoms with Gasteiger partial charge in [0.25, 0.3) is 0 Å². The van der Waals surface area contributed by atoms with Crippen molar-refractivity contribution in [1.82, 2.24) is 14.5 Å². The molecule has 2 aliphatic rings. The maximum absolute atomic E-state index is 13.6. The second-order valence-corrected chi connectivity index (χ2v) is 8.16. The van der Waals surface area contributed by atoms with Gasteiger partial charge in [-0.3, -0.25) is 4.79 Å². The van der Waals surface area contributed by atoms with Crippen molar-refractivity contribution >= 4 is 15.9 Å². The highest BCUT2D eigenvalue weighted by atomic mass is 32.2. The van der Waals surface area contributed by atoms with Crippen molar-refractivity contribution in [1.29, 1.82) is 0 Å². The Morgan fingerprint density at radius 1 is 1.32 bits per heavy atom. The Morgan fingerprint density at radius 2 is 2.12 bits per heavy atom. The second-order valence-electron chi connectivity index (χ2n) is 6.22. The van der Waals surface area contributed by atoms with E-state index >= 15 is 0 Å². The summed E-state index contributed by atoms with van der Waals surface area (Å²) in [6.07, 6.45) is 1.46. The van der Waals surface area contributed by atoms with E-state index in [1.807, 2.05) is 0 Å². The minimum absolute atomic E-state index is 0.000973. The number of methoxy groups -OCH3 is 1. The van der Waals surface area contributed by atoms with Crippen LogP contribution in [0.5, 0.6) is 5.75 Å². The molecule has 1 amide bonds. The third-order valence-electron chi connectivity index (χ3n) is 4.69. The lowest BCUT2D eigenvalue weighted by atomic mass is 10.1. The summed E-state index contributed by atoms with van der Waals surface area (Å²) in [5.74, 6) is -0.713. The molecule has 2 heterocycles. The van der Waals surface area contributed by atoms with Gasteiger partial charge in [-0.25, -0.2) is 12.8 Å². The van der Waals surface area contributed by atoms with Crippen molar-refractivity contribution in [2.24, 2.45) is 0 Å². The molecule has 1 unspecified atom stereocenters. The first-order valence-corrected chi connectivity index (χ1v) is 9.71. The number of hydrogen-bond acceptors (Lipinski definition) is 5. The summed E-state index contributed by atoms with van der Waals surface area (Å²) in [7, 11) is -2.47. The molecular weight excluding hydrogens is 349 g/mol. The van der Waals surface area contributed by atoms with Crippen LogP contribution in [-0.2, 0) is 14.8 Å². The van der Waals surface area contributed by atoms with Crippen molar-refractivity contribution in [3.8, 4) is 5.75 Å². The summed E-state index contributed by atoms with van der Waals surface area (Å²) < 4.78 is 45.6. The zero-order valence-electron chi connectivity index (χ0n) is 14.1. The van der Waals surface area contributed by atoms with Gasteiger partial charge in [0.05, 0.1) is 18.6 Å². The number of amides is 1. The average Bonchev–Trinajstić information content (AvgIpc) is 2.62. The topological polar surface area (TPSA) is 79.0 Å². The third kappa shape index (κ3) is 3.63. The highest BCUT2D eigenvalue weighted by Gasteiger charge is 2.35. The molecule has 3 rings (SSSR count). The van der Waals surface area contributed by atoms with Crippen LogP contribution in [0, 0.1) is 5.82 Å². The molecule has 0 radical (unpaired) electrons. The first kappa shape index (κ1) is 18.1. The van der Waals surface area contributed by atoms with Gasteiger partial charge in [0, 0.05) is 38.3 Å². The normalized spacial score (nSPS) is 22.9. The van der Waals surface area contributed by atoms with Crippen LogP contribution in [0.2, 0.25) is 0 Å². The Labute approximate surface area is 146 Å². The van der Waals surface area contributed by atoms with Gasteiger partial charge in [0.15, 0.2) is 11.6 Å². The molecule has 1 N–H and O–H groups in total. The van der Waals surface area contributed by atoms with Gasteiger partial charge >= 0.3 is 0 Å². The highest BCUT2D eigenvalue weighted by Crippen LogP contribution is 2.27. The zero-order valence-corrected chi connectivity index (χ0v) is 14.9. The average molecular weight is 371 g/mol. The van der Waals surface area contributed by atoms with E-state index in [9.17, 15) is 17.6 Å². The van der Waals surface area contributed by atoms with Gasteiger partial charge in [-0.2, -0.15) is 4.31 Å². The number of piperazine rings is 1. The molecule has 0 aromatic heterocycles. The van der Waals surface area contributed by atoms with Crippen LogP contribution in [-0.4, -0.2) is 69.4 Å². The lowest BCUT2D eigenvalue weighted by Gasteiger charge is -2.40. The summed E-state index contributed by atoms with van der Waals surface area (Å²) >= 11 is 0. The quantitative estimate of drug-likeness (QED) is 0.830. The summed E-state index contributed by atoms with van der Waals surface area (Å²) in [6, 6.07) is 3.41. The number of hydrogen-bond donors (Lipinski definition) is 1. The minimum atomic E-state index is -3.77. The number of rotatable bonds is 4. The highest BCUT2D eigenvalue weighted by molar-refractivity contribution is 7.89. The number of carbonyl (C=O) groups excluding carboxylic acids is 1. The van der Waals surface area contributed by atoms with E-state index in [0.29, 0.717) is 32.6 Å². The third-order valence-corrected chi connectivity index (χ3v) is 6.55. The SMILES string of the molecule is COc1cc(S(=O)(=O)N2CCCC(N3CCNCC3=O)C2)ccc1F. The van der Waals surface area contributed by atoms with Crippen molar-refractivity contribution < 1.29 is 22.3 Å². The van der Waals surface area contributed by atoms with Crippen LogP contribution in [0.4, 0.5) is 4.39 Å². The van der Waals surface area contributed by atoms with E-state index in [-0.39, 0.29) is 29.1 Å². The number of nitrogens with one attached hydrogen (secondary N) is 1. The molecule has 7 nitrogen and oxygen atoms in total. The first-order valence-electron chi connectivity index (χ1n) is 8.27. The molecule has 0 spiro atoms. The van der Waals surface area contributed by atoms with E-state index in [1.165, 1.54) is 23.5 Å². The standard InChI is InChI=1S/C16H22FN3O4S/c1-24-15-9-13(4-5-14(15)17)25(22,23)19-7-2-3-12(11-19)20-8-6-18-10-16(20)21/h4-5,9,12,18H,2-3,6-8,10-11H2,1H3. The molecule has 2 aliphatic heterocycles. The Hall–Kier alpha value is -1.71. The monoisotopic (exact) mass is 371 g/mol. The lowest BCUT2D eigenvalue weighted by molar-refractivity contribution is -0.135. The molecule has 25 heavy (non-hydrogen) atoms. The summed E-state index contributed by atoms with van der Waals surface area (Å²) in [5, 5.41) is 3.02. The Balaban J connectivity index is 1.81. The number of ether oxygens (including phenoxy) is 1. The van der Waals surface area contributed by atoms with Crippen molar-refractivity contribution in [2.45, 2.75) is 23.8 Å². The van der Waals surface area contributed by atoms with E-state index < -0.39 is 15.8 Å². The van der Waals surface area contributed by atoms with Gasteiger partial charge in [0.1, 0.15) is 0 Å². The molecule has 0 saturated carbocycles. The van der Waals surface area contributed by atoms with Crippen LogP contribution in [0.25, 0.3) is 0 Å². The van der Waals surface area contributed by atoms with E-state index in [4.69, 9.17) is 4.74 Å². The predicted molar refractivity (Wildman–Crippen MR) is 89.3 cm³/mol. The molecule has 9 heteroatoms. The lowest BCUT2D eigenvalue weighted by Crippen LogP contribution is -2.57. The molecule has 1 aromatic carbocycles. The van der Waals surface area contributed by atoms with Gasteiger partial charge in [0.2, 0.25) is 15.9 Å². The predicted octanol–water partition coefficient (Wildman–Crippen LogP) is 0.419. The molecule has 2 saturated heterocycles. The van der Waals surface area contributed by atoms with Crippen LogP contribution in [0.15, 0.2) is 23.1 Å². The van der Waals surface area contributed by atoms with Gasteiger partial charge in [-0.15, -0.1) is 0 Å². The Morgan fingerprint density at radius 3 is 2.84 bits per heavy atom. The molecule has 0 aliphatic carbocycles. The Kier molecular flexibility index (Phi) is 5.26. The molecule has 1 aromatic rings. The fourth-order valence-corrected chi connectivity index (χ4v) is 4.88. The number of piperidine rings is 1. The minimum Gasteiger partial charge on any atom is -0.494 e. The van der Waals surface area contributed by atoms with Crippen LogP contribution < -0.4 is 10.1 Å². The van der Waals surface area contributed by atoms with Crippen LogP contribution in [0.1, 0.15) is 12.8 Å². The van der Waals surface area contributed by atoms with Crippen molar-refractivity contribution in [3.63, 3.8) is 0 Å².